The number of fused-ring (bicyclic) bond motifs is 4. The van der Waals surface area contributed by atoms with E-state index >= 15 is 0 Å². The summed E-state index contributed by atoms with van der Waals surface area (Å²) in [7, 11) is 38.4. The molecule has 0 radical (unpaired) electrons. The van der Waals surface area contributed by atoms with Gasteiger partial charge in [-0.2, -0.15) is 0 Å². The number of carbonyl (C=O) groups is 1. The van der Waals surface area contributed by atoms with Crippen molar-refractivity contribution >= 4 is 376 Å². The number of nitrogens with two attached hydrogens (primary N) is 1. The average Bonchev–Trinajstić information content (AvgIpc) is 1.98. The number of pyridine rings is 4. The molecule has 0 aliphatic carbocycles. The number of nitrogens with zero attached hydrogens (tertiary/aromatic N) is 5. The Kier molecular flexibility index (Phi) is 39.9. The maximum Gasteiger partial charge on any atom is 0.141 e. The van der Waals surface area contributed by atoms with E-state index in [0.29, 0.717) is 11.3 Å². The van der Waals surface area contributed by atoms with E-state index in [2.05, 4.69) is 98.3 Å². The van der Waals surface area contributed by atoms with Gasteiger partial charge in [0, 0.05) is 319 Å². The second kappa shape index (κ2) is 42.6. The lowest BCUT2D eigenvalue weighted by molar-refractivity contribution is 0.106. The lowest BCUT2D eigenvalue weighted by atomic mass is 10.1. The Morgan fingerprint density at radius 1 is 0.412 bits per heavy atom. The van der Waals surface area contributed by atoms with Crippen LogP contribution in [-0.4, -0.2) is 62.8 Å². The topological polar surface area (TPSA) is 121 Å². The Bertz CT molecular complexity index is 4810. The second-order valence-corrected chi connectivity index (χ2v) is 87.7. The highest BCUT2D eigenvalue weighted by Crippen LogP contribution is 2.30. The monoisotopic (exact) mass is 1780 g/mol. The van der Waals surface area contributed by atoms with Gasteiger partial charge >= 0.3 is 0 Å². The van der Waals surface area contributed by atoms with Crippen molar-refractivity contribution < 1.29 is 9.32 Å². The van der Waals surface area contributed by atoms with Crippen molar-refractivity contribution in [1.29, 1.82) is 0 Å². The van der Waals surface area contributed by atoms with Crippen LogP contribution in [0.4, 0.5) is 5.69 Å². The summed E-state index contributed by atoms with van der Waals surface area (Å²) in [6.45, 7) is 27.0. The van der Waals surface area contributed by atoms with Crippen molar-refractivity contribution in [2.24, 2.45) is 0 Å². The van der Waals surface area contributed by atoms with Gasteiger partial charge < -0.3 is 15.1 Å². The van der Waals surface area contributed by atoms with Gasteiger partial charge in [-0.15, -0.1) is 0 Å². The largest absolute Gasteiger partial charge is 0.396 e. The zero-order chi connectivity index (χ0) is 62.5. The van der Waals surface area contributed by atoms with Crippen LogP contribution in [-0.2, 0) is 285 Å². The number of aromatic nitrogens is 5. The van der Waals surface area contributed by atoms with Crippen LogP contribution in [0.5, 0.6) is 0 Å². The molecule has 7 aromatic rings. The molecule has 0 fully saturated rings. The maximum absolute atomic E-state index is 12.9. The Labute approximate surface area is 597 Å². The Balaban J connectivity index is 0.000000252. The Hall–Kier alpha value is 2.19. The summed E-state index contributed by atoms with van der Waals surface area (Å²) in [4.78, 5) is 31.7. The first-order chi connectivity index (χ1) is 40.5. The van der Waals surface area contributed by atoms with Crippen LogP contribution < -0.4 is 21.5 Å². The summed E-state index contributed by atoms with van der Waals surface area (Å²) in [5.41, 5.74) is 13.6. The lowest BCUT2D eigenvalue weighted by Crippen LogP contribution is -2.39. The fraction of sp³-hybridized carbons (Fsp3) is 0.286. The molecule has 5 aromatic heterocycles. The summed E-state index contributed by atoms with van der Waals surface area (Å²) in [5.74, 6) is 0. The van der Waals surface area contributed by atoms with Gasteiger partial charge in [0.15, 0.2) is 0 Å². The third-order valence-electron chi connectivity index (χ3n) is 10.2. The molecule has 0 bridgehead atoms. The zero-order valence-electron chi connectivity index (χ0n) is 46.4. The van der Waals surface area contributed by atoms with Crippen LogP contribution >= 0.6 is 0 Å². The van der Waals surface area contributed by atoms with Crippen LogP contribution in [0.15, 0.2) is 89.7 Å². The minimum absolute atomic E-state index is 0.168. The van der Waals surface area contributed by atoms with Gasteiger partial charge in [-0.1, -0.05) is 108 Å². The predicted octanol–water partition coefficient (Wildman–Crippen LogP) is 8.94. The predicted molar refractivity (Wildman–Crippen MR) is 467 cm³/mol. The molecule has 464 valence electrons. The lowest BCUT2D eigenvalue weighted by Gasteiger charge is -2.22. The molecule has 0 spiro atoms. The quantitative estimate of drug-likeness (QED) is 0.121. The summed E-state index contributed by atoms with van der Waals surface area (Å²) in [5, 5.41) is 11.7. The van der Waals surface area contributed by atoms with Crippen molar-refractivity contribution in [1.82, 2.24) is 25.1 Å². The van der Waals surface area contributed by atoms with Crippen molar-refractivity contribution in [3.8, 4) is 22.8 Å². The molecule has 0 saturated carbocycles. The summed E-state index contributed by atoms with van der Waals surface area (Å²) in [6.07, 6.45) is 3.58. The highest BCUT2D eigenvalue weighted by molar-refractivity contribution is 8.78. The number of hydrogen-bond acceptors (Lipinski definition) is 12. The molecule has 7 rings (SSSR count). The molecule has 8 nitrogen and oxygen atoms in total. The molecule has 43 heteroatoms. The number of carbonyl (C=O) groups excluding carboxylic acids is 1. The molecular weight excluding hydrogens is 1730 g/mol. The van der Waals surface area contributed by atoms with E-state index in [9.17, 15) is 4.79 Å². The normalized spacial score (nSPS) is 10.6. The first-order valence-corrected chi connectivity index (χ1v) is 76.0. The molecular formula is C42H52N6O2S31Si4. The number of hydrogen-bond donors (Lipinski definition) is 1. The van der Waals surface area contributed by atoms with E-state index in [1.807, 2.05) is 74.4 Å². The van der Waals surface area contributed by atoms with E-state index in [4.69, 9.17) is 65.0 Å². The van der Waals surface area contributed by atoms with E-state index in [0.717, 1.165) is 55.5 Å². The molecule has 0 saturated heterocycles. The molecule has 2 N–H and O–H groups in total. The standard InChI is InChI=1S/C21H25N3OSi2.C21H27N3OSi2.S16.S15/c1-26(2,3)18-13-17(16-9-7-8-12-22-16)23-19-14(18)10-11-15-20(19)24-25-21(15)27(4,5)6;1-26(2,3)18-13-17(16-9-7-8-12-23-16)24-20-14(18)10-11-15(19(20)22)21(25)27(4,5)6;1-3-5-7-9-11-13-15-16-14-12-10-8-6-4-2;1-3-5-7-9-11-13-15-14-12-10-8-6-4-2/h7-13H,1-6H3;7-13H,22H2,1-6H3;;. The molecule has 2 aromatic carbocycles. The highest BCUT2D eigenvalue weighted by atomic mass is 33.5. The number of benzene rings is 2. The highest BCUT2D eigenvalue weighted by Gasteiger charge is 2.30. The van der Waals surface area contributed by atoms with Gasteiger partial charge in [-0.05, 0) is 58.9 Å². The Morgan fingerprint density at radius 2 is 0.753 bits per heavy atom. The molecule has 0 aliphatic heterocycles. The van der Waals surface area contributed by atoms with Crippen LogP contribution in [0, 0.1) is 0 Å². The maximum atomic E-state index is 12.9. The first-order valence-electron chi connectivity index (χ1n) is 23.3. The molecule has 0 unspecified atom stereocenters. The summed E-state index contributed by atoms with van der Waals surface area (Å²) >= 11 is 18.9. The third-order valence-corrected chi connectivity index (χ3v) is 73.2. The minimum Gasteiger partial charge on any atom is -0.396 e. The smallest absolute Gasteiger partial charge is 0.141 e. The van der Waals surface area contributed by atoms with Gasteiger partial charge in [0.2, 0.25) is 0 Å². The van der Waals surface area contributed by atoms with Crippen molar-refractivity contribution in [2.45, 2.75) is 78.6 Å². The minimum atomic E-state index is -2.00. The fourth-order valence-electron chi connectivity index (χ4n) is 6.94. The van der Waals surface area contributed by atoms with Crippen LogP contribution in [0.1, 0.15) is 10.4 Å². The van der Waals surface area contributed by atoms with Crippen LogP contribution in [0.2, 0.25) is 78.6 Å². The van der Waals surface area contributed by atoms with Crippen LogP contribution in [0.3, 0.4) is 0 Å². The first kappa shape index (κ1) is 79.6. The Morgan fingerprint density at radius 3 is 1.08 bits per heavy atom. The van der Waals surface area contributed by atoms with Crippen LogP contribution in [0.25, 0.3) is 55.5 Å². The zero-order valence-corrected chi connectivity index (χ0v) is 75.7. The number of nitrogen functional groups attached to an aromatic ring is 1. The van der Waals surface area contributed by atoms with Crippen molar-refractivity contribution in [3.63, 3.8) is 0 Å². The number of rotatable bonds is 7. The molecule has 0 aliphatic rings. The molecule has 5 heterocycles. The van der Waals surface area contributed by atoms with Gasteiger partial charge in [0.05, 0.1) is 50.1 Å². The van der Waals surface area contributed by atoms with E-state index in [-0.39, 0.29) is 5.41 Å². The van der Waals surface area contributed by atoms with Gasteiger partial charge in [0.1, 0.15) is 38.0 Å². The van der Waals surface area contributed by atoms with Gasteiger partial charge in [-0.25, -0.2) is 9.97 Å². The molecule has 0 amide bonds. The fourth-order valence-corrected chi connectivity index (χ4v) is 75.6. The molecule has 0 atom stereocenters. The summed E-state index contributed by atoms with van der Waals surface area (Å²) in [6, 6.07) is 24.4. The number of anilines is 1. The summed E-state index contributed by atoms with van der Waals surface area (Å²) < 4.78 is 5.83. The SMILES string of the molecule is C[Si](C)(C)C(=O)c1ccc2c([Si](C)(C)C)cc(-c3ccccn3)nc2c1N.C[Si](C)(C)c1cc(-c2ccccn2)nc2c1ccc1c([Si](C)(C)C)onc12.S=S=S=S=S=S=S=S=S=S=S=S=S=S=S.S=S=S=S=S=S=S=S=S=S=S=S=S=S=S=S. The van der Waals surface area contributed by atoms with E-state index in [1.165, 1.54) is 51.3 Å². The second-order valence-electron chi connectivity index (χ2n) is 20.0. The van der Waals surface area contributed by atoms with Gasteiger partial charge in [0.25, 0.3) is 0 Å². The molecule has 85 heavy (non-hydrogen) atoms. The van der Waals surface area contributed by atoms with E-state index in [1.54, 1.807) is 210 Å². The third kappa shape index (κ3) is 28.6. The van der Waals surface area contributed by atoms with Crippen molar-refractivity contribution in [2.75, 3.05) is 5.73 Å². The average molecular weight is 1780 g/mol. The van der Waals surface area contributed by atoms with E-state index < -0.39 is 32.3 Å². The van der Waals surface area contributed by atoms with Gasteiger partial charge in [-0.3, -0.25) is 9.97 Å². The van der Waals surface area contributed by atoms with Crippen molar-refractivity contribution in [3.05, 3.63) is 90.8 Å².